The van der Waals surface area contributed by atoms with Gasteiger partial charge < -0.3 is 19.4 Å². The fourth-order valence-corrected chi connectivity index (χ4v) is 4.26. The molecular weight excluding hydrogens is 408 g/mol. The molecule has 1 aromatic carbocycles. The molecular formula is C24H42N2O4Si. The van der Waals surface area contributed by atoms with E-state index in [1.807, 2.05) is 51.1 Å². The third-order valence-electron chi connectivity index (χ3n) is 6.21. The molecule has 1 aromatic rings. The van der Waals surface area contributed by atoms with E-state index < -0.39 is 20.3 Å². The molecule has 1 N–H and O–H groups in total. The number of ether oxygens (including phenoxy) is 1. The van der Waals surface area contributed by atoms with Gasteiger partial charge in [0.05, 0.1) is 18.8 Å². The first-order valence-electron chi connectivity index (χ1n) is 11.2. The molecule has 2 amide bonds. The molecule has 0 aliphatic carbocycles. The van der Waals surface area contributed by atoms with Crippen molar-refractivity contribution < 1.29 is 18.8 Å². The molecule has 1 rings (SSSR count). The van der Waals surface area contributed by atoms with Crippen molar-refractivity contribution in [2.75, 3.05) is 13.7 Å². The van der Waals surface area contributed by atoms with Crippen LogP contribution in [0, 0.1) is 5.92 Å². The van der Waals surface area contributed by atoms with Crippen LogP contribution in [0.25, 0.3) is 0 Å². The number of hydrogen-bond acceptors (Lipinski definition) is 4. The van der Waals surface area contributed by atoms with Gasteiger partial charge in [-0.15, -0.1) is 0 Å². The minimum Gasteiger partial charge on any atom is -0.464 e. The van der Waals surface area contributed by atoms with Gasteiger partial charge in [-0.05, 0) is 43.5 Å². The Labute approximate surface area is 189 Å². The summed E-state index contributed by atoms with van der Waals surface area (Å²) in [4.78, 5) is 27.0. The van der Waals surface area contributed by atoms with Crippen LogP contribution in [-0.4, -0.2) is 51.0 Å². The van der Waals surface area contributed by atoms with Gasteiger partial charge >= 0.3 is 12.0 Å². The number of amides is 2. The lowest BCUT2D eigenvalue weighted by atomic mass is 10.0. The van der Waals surface area contributed by atoms with Gasteiger partial charge in [0.15, 0.2) is 8.32 Å². The minimum atomic E-state index is -2.11. The molecule has 3 atom stereocenters. The van der Waals surface area contributed by atoms with Crippen molar-refractivity contribution in [2.45, 2.75) is 84.8 Å². The molecule has 0 aromatic heterocycles. The van der Waals surface area contributed by atoms with Crippen LogP contribution in [0.2, 0.25) is 18.1 Å². The number of carbonyl (C=O) groups excluding carboxylic acids is 2. The fourth-order valence-electron chi connectivity index (χ4n) is 2.93. The average Bonchev–Trinajstić information content (AvgIpc) is 2.68. The van der Waals surface area contributed by atoms with Gasteiger partial charge in [-0.1, -0.05) is 65.0 Å². The number of urea groups is 1. The van der Waals surface area contributed by atoms with Gasteiger partial charge in [0.25, 0.3) is 0 Å². The second kappa shape index (κ2) is 11.1. The van der Waals surface area contributed by atoms with Crippen LogP contribution < -0.4 is 5.32 Å². The maximum Gasteiger partial charge on any atom is 0.328 e. The topological polar surface area (TPSA) is 67.9 Å². The standard InChI is InChI=1S/C24H42N2O4Si/c1-11-29-22(27)20(17(2)3)25-23(28)26(8)18(4)21(19-15-13-12-14-16-19)30-31(9,10)24(5,6)7/h12-18,20-21H,11H2,1-10H3,(H,25,28)/t18-,20-,21-/m0/s1. The summed E-state index contributed by atoms with van der Waals surface area (Å²) in [6.07, 6.45) is -0.280. The Hall–Kier alpha value is -1.86. The number of likely N-dealkylation sites (N-methyl/N-ethyl adjacent to an activating group) is 1. The minimum absolute atomic E-state index is 0.0349. The Morgan fingerprint density at radius 2 is 1.65 bits per heavy atom. The van der Waals surface area contributed by atoms with E-state index in [1.54, 1.807) is 18.9 Å². The monoisotopic (exact) mass is 450 g/mol. The predicted molar refractivity (Wildman–Crippen MR) is 128 cm³/mol. The summed E-state index contributed by atoms with van der Waals surface area (Å²) in [7, 11) is -0.362. The summed E-state index contributed by atoms with van der Waals surface area (Å²) in [5.74, 6) is -0.496. The number of hydrogen-bond donors (Lipinski definition) is 1. The highest BCUT2D eigenvalue weighted by Crippen LogP contribution is 2.41. The summed E-state index contributed by atoms with van der Waals surface area (Å²) in [6, 6.07) is 8.76. The average molecular weight is 451 g/mol. The van der Waals surface area contributed by atoms with Crippen LogP contribution in [0.5, 0.6) is 0 Å². The van der Waals surface area contributed by atoms with Crippen LogP contribution in [0.3, 0.4) is 0 Å². The highest BCUT2D eigenvalue weighted by Gasteiger charge is 2.41. The van der Waals surface area contributed by atoms with Crippen molar-refractivity contribution in [3.8, 4) is 0 Å². The Morgan fingerprint density at radius 1 is 1.10 bits per heavy atom. The maximum atomic E-state index is 13.1. The summed E-state index contributed by atoms with van der Waals surface area (Å²) >= 11 is 0. The van der Waals surface area contributed by atoms with Crippen molar-refractivity contribution in [3.05, 3.63) is 35.9 Å². The van der Waals surface area contributed by atoms with Crippen molar-refractivity contribution in [2.24, 2.45) is 5.92 Å². The van der Waals surface area contributed by atoms with Crippen LogP contribution in [0.4, 0.5) is 4.79 Å². The molecule has 0 aliphatic heterocycles. The van der Waals surface area contributed by atoms with E-state index in [4.69, 9.17) is 9.16 Å². The molecule has 0 saturated carbocycles. The summed E-state index contributed by atoms with van der Waals surface area (Å²) in [6.45, 7) is 18.8. The van der Waals surface area contributed by atoms with Crippen LogP contribution in [-0.2, 0) is 14.0 Å². The number of rotatable bonds is 9. The van der Waals surface area contributed by atoms with E-state index in [-0.39, 0.29) is 35.7 Å². The van der Waals surface area contributed by atoms with Gasteiger partial charge in [0.1, 0.15) is 6.04 Å². The van der Waals surface area contributed by atoms with Gasteiger partial charge in [0, 0.05) is 7.05 Å². The SMILES string of the molecule is CCOC(=O)[C@@H](NC(=O)N(C)[C@@H](C)[C@H](O[Si](C)(C)C(C)(C)C)c1ccccc1)C(C)C. The number of carbonyl (C=O) groups is 2. The summed E-state index contributed by atoms with van der Waals surface area (Å²) in [5, 5.41) is 2.88. The second-order valence-corrected chi connectivity index (χ2v) is 14.7. The molecule has 6 nitrogen and oxygen atoms in total. The lowest BCUT2D eigenvalue weighted by molar-refractivity contribution is -0.146. The zero-order chi connectivity index (χ0) is 24.0. The number of benzene rings is 1. The lowest BCUT2D eigenvalue weighted by Gasteiger charge is -2.43. The van der Waals surface area contributed by atoms with Crippen molar-refractivity contribution in [1.82, 2.24) is 10.2 Å². The van der Waals surface area contributed by atoms with Crippen molar-refractivity contribution >= 4 is 20.3 Å². The molecule has 7 heteroatoms. The Bertz CT molecular complexity index is 716. The molecule has 176 valence electrons. The van der Waals surface area contributed by atoms with Crippen LogP contribution in [0.15, 0.2) is 30.3 Å². The van der Waals surface area contributed by atoms with E-state index in [0.717, 1.165) is 5.56 Å². The summed E-state index contributed by atoms with van der Waals surface area (Å²) in [5.41, 5.74) is 1.03. The smallest absolute Gasteiger partial charge is 0.328 e. The zero-order valence-electron chi connectivity index (χ0n) is 21.0. The van der Waals surface area contributed by atoms with E-state index in [9.17, 15) is 9.59 Å². The van der Waals surface area contributed by atoms with Gasteiger partial charge in [-0.2, -0.15) is 0 Å². The first kappa shape index (κ1) is 27.2. The van der Waals surface area contributed by atoms with Crippen molar-refractivity contribution in [3.63, 3.8) is 0 Å². The predicted octanol–water partition coefficient (Wildman–Crippen LogP) is 5.37. The number of esters is 1. The van der Waals surface area contributed by atoms with Gasteiger partial charge in [-0.3, -0.25) is 0 Å². The molecule has 0 fully saturated rings. The van der Waals surface area contributed by atoms with E-state index >= 15 is 0 Å². The Kier molecular flexibility index (Phi) is 9.76. The normalized spacial score (nSPS) is 15.2. The van der Waals surface area contributed by atoms with E-state index in [0.29, 0.717) is 0 Å². The first-order chi connectivity index (χ1) is 14.2. The quantitative estimate of drug-likeness (QED) is 0.406. The molecule has 0 radical (unpaired) electrons. The molecule has 31 heavy (non-hydrogen) atoms. The van der Waals surface area contributed by atoms with E-state index in [1.165, 1.54) is 0 Å². The third kappa shape index (κ3) is 7.35. The fraction of sp³-hybridized carbons (Fsp3) is 0.667. The molecule has 0 unspecified atom stereocenters. The number of nitrogens with zero attached hydrogens (tertiary/aromatic N) is 1. The second-order valence-electron chi connectivity index (χ2n) is 9.98. The molecule has 0 bridgehead atoms. The Balaban J connectivity index is 3.14. The maximum absolute atomic E-state index is 13.1. The Morgan fingerprint density at radius 3 is 2.10 bits per heavy atom. The van der Waals surface area contributed by atoms with Gasteiger partial charge in [-0.25, -0.2) is 9.59 Å². The third-order valence-corrected chi connectivity index (χ3v) is 10.7. The lowest BCUT2D eigenvalue weighted by Crippen LogP contribution is -2.53. The molecule has 0 spiro atoms. The molecule has 0 saturated heterocycles. The number of nitrogens with one attached hydrogen (secondary N) is 1. The highest BCUT2D eigenvalue weighted by atomic mass is 28.4. The summed E-state index contributed by atoms with van der Waals surface area (Å²) < 4.78 is 11.9. The van der Waals surface area contributed by atoms with Crippen molar-refractivity contribution in [1.29, 1.82) is 0 Å². The molecule has 0 heterocycles. The highest BCUT2D eigenvalue weighted by molar-refractivity contribution is 6.74. The van der Waals surface area contributed by atoms with E-state index in [2.05, 4.69) is 39.2 Å². The van der Waals surface area contributed by atoms with Crippen LogP contribution in [0.1, 0.15) is 60.1 Å². The van der Waals surface area contributed by atoms with Crippen LogP contribution >= 0.6 is 0 Å². The van der Waals surface area contributed by atoms with Gasteiger partial charge in [0.2, 0.25) is 0 Å². The zero-order valence-corrected chi connectivity index (χ0v) is 22.0. The molecule has 0 aliphatic rings. The largest absolute Gasteiger partial charge is 0.464 e. The first-order valence-corrected chi connectivity index (χ1v) is 14.1.